The quantitative estimate of drug-likeness (QED) is 0.806. The number of fused-ring (bicyclic) bond motifs is 1. The number of carbonyl (C=O) groups is 1. The zero-order valence-corrected chi connectivity index (χ0v) is 16.8. The second kappa shape index (κ2) is 6.58. The summed E-state index contributed by atoms with van der Waals surface area (Å²) in [5.74, 6) is 1.59. The average Bonchev–Trinajstić information content (AvgIpc) is 3.59. The van der Waals surface area contributed by atoms with E-state index in [1.165, 1.54) is 12.3 Å². The fourth-order valence-electron chi connectivity index (χ4n) is 4.79. The number of aromatic nitrogens is 3. The molecule has 5 rings (SSSR count). The summed E-state index contributed by atoms with van der Waals surface area (Å²) in [6, 6.07) is 3.36. The summed E-state index contributed by atoms with van der Waals surface area (Å²) < 4.78 is 29.9. The number of nitrogens with two attached hydrogens (primary N) is 1. The molecule has 0 radical (unpaired) electrons. The van der Waals surface area contributed by atoms with Crippen LogP contribution in [0.3, 0.4) is 0 Å². The molecular formula is C21H23F2N5O2. The maximum Gasteiger partial charge on any atom is 0.387 e. The molecule has 1 aliphatic heterocycles. The maximum absolute atomic E-state index is 12.7. The first-order chi connectivity index (χ1) is 14.3. The number of ether oxygens (including phenoxy) is 1. The summed E-state index contributed by atoms with van der Waals surface area (Å²) in [6.45, 7) is 2.28. The van der Waals surface area contributed by atoms with Gasteiger partial charge in [-0.05, 0) is 36.3 Å². The van der Waals surface area contributed by atoms with Gasteiger partial charge < -0.3 is 15.4 Å². The van der Waals surface area contributed by atoms with Gasteiger partial charge >= 0.3 is 6.61 Å². The molecule has 0 aromatic carbocycles. The summed E-state index contributed by atoms with van der Waals surface area (Å²) in [5, 5.41) is 0. The van der Waals surface area contributed by atoms with Crippen LogP contribution in [0, 0.1) is 11.3 Å². The molecule has 3 heterocycles. The Balaban J connectivity index is 1.50. The van der Waals surface area contributed by atoms with Crippen LogP contribution in [-0.4, -0.2) is 45.5 Å². The highest BCUT2D eigenvalue weighted by molar-refractivity contribution is 5.74. The average molecular weight is 415 g/mol. The molecule has 3 fully saturated rings. The third kappa shape index (κ3) is 3.16. The number of nitrogen functional groups attached to an aromatic ring is 1. The Hall–Kier alpha value is -2.84. The van der Waals surface area contributed by atoms with Crippen molar-refractivity contribution in [3.05, 3.63) is 29.8 Å². The number of pyridine rings is 1. The predicted molar refractivity (Wildman–Crippen MR) is 105 cm³/mol. The topological polar surface area (TPSA) is 94.2 Å². The maximum atomic E-state index is 12.7. The zero-order valence-electron chi connectivity index (χ0n) is 16.8. The Morgan fingerprint density at radius 1 is 1.33 bits per heavy atom. The molecule has 30 heavy (non-hydrogen) atoms. The van der Waals surface area contributed by atoms with Crippen LogP contribution in [0.1, 0.15) is 50.0 Å². The van der Waals surface area contributed by atoms with Crippen LogP contribution in [-0.2, 0) is 4.79 Å². The van der Waals surface area contributed by atoms with E-state index in [0.29, 0.717) is 23.1 Å². The van der Waals surface area contributed by atoms with E-state index in [0.717, 1.165) is 37.4 Å². The molecule has 0 spiro atoms. The number of amides is 1. The van der Waals surface area contributed by atoms with Crippen molar-refractivity contribution < 1.29 is 18.3 Å². The second-order valence-corrected chi connectivity index (χ2v) is 8.79. The normalized spacial score (nSPS) is 27.3. The molecule has 1 unspecified atom stereocenters. The van der Waals surface area contributed by atoms with Crippen molar-refractivity contribution in [2.45, 2.75) is 45.1 Å². The van der Waals surface area contributed by atoms with Crippen molar-refractivity contribution in [2.75, 3.05) is 18.8 Å². The number of piperidine rings is 1. The fraction of sp³-hybridized carbons (Fsp3) is 0.524. The molecule has 2 aliphatic carbocycles. The van der Waals surface area contributed by atoms with Crippen LogP contribution in [0.15, 0.2) is 18.3 Å². The Morgan fingerprint density at radius 2 is 2.10 bits per heavy atom. The van der Waals surface area contributed by atoms with E-state index in [-0.39, 0.29) is 28.8 Å². The van der Waals surface area contributed by atoms with Crippen LogP contribution in [0.2, 0.25) is 0 Å². The number of nitrogens with zero attached hydrogens (tertiary/aromatic N) is 4. The molecule has 3 atom stereocenters. The summed E-state index contributed by atoms with van der Waals surface area (Å²) in [6.07, 6.45) is 3.61. The highest BCUT2D eigenvalue weighted by atomic mass is 19.3. The van der Waals surface area contributed by atoms with E-state index in [9.17, 15) is 13.6 Å². The van der Waals surface area contributed by atoms with Crippen molar-refractivity contribution in [1.82, 2.24) is 19.9 Å². The molecular weight excluding hydrogens is 392 g/mol. The first-order valence-corrected chi connectivity index (χ1v) is 10.1. The second-order valence-electron chi connectivity index (χ2n) is 8.79. The number of halogens is 2. The first-order valence-electron chi connectivity index (χ1n) is 10.1. The summed E-state index contributed by atoms with van der Waals surface area (Å²) >= 11 is 0. The van der Waals surface area contributed by atoms with E-state index in [1.807, 2.05) is 11.0 Å². The van der Waals surface area contributed by atoms with Crippen molar-refractivity contribution in [1.29, 1.82) is 0 Å². The number of anilines is 1. The van der Waals surface area contributed by atoms with Crippen LogP contribution < -0.4 is 10.5 Å². The number of carbonyl (C=O) groups excluding carboxylic acids is 1. The Kier molecular flexibility index (Phi) is 4.20. The van der Waals surface area contributed by atoms with E-state index in [2.05, 4.69) is 21.6 Å². The molecule has 158 valence electrons. The minimum atomic E-state index is -2.98. The summed E-state index contributed by atoms with van der Waals surface area (Å²) in [7, 11) is 0. The van der Waals surface area contributed by atoms with Crippen LogP contribution in [0.25, 0.3) is 11.3 Å². The number of rotatable bonds is 5. The number of alkyl halides is 2. The molecule has 2 aromatic rings. The zero-order chi connectivity index (χ0) is 21.2. The molecule has 0 bridgehead atoms. The molecule has 2 saturated carbocycles. The van der Waals surface area contributed by atoms with Gasteiger partial charge in [-0.25, -0.2) is 15.0 Å². The van der Waals surface area contributed by atoms with Gasteiger partial charge in [0, 0.05) is 49.3 Å². The highest BCUT2D eigenvalue weighted by Crippen LogP contribution is 2.68. The predicted octanol–water partition coefficient (Wildman–Crippen LogP) is 3.18. The van der Waals surface area contributed by atoms with Gasteiger partial charge in [0.05, 0.1) is 5.69 Å². The van der Waals surface area contributed by atoms with Crippen LogP contribution in [0.4, 0.5) is 14.6 Å². The van der Waals surface area contributed by atoms with Gasteiger partial charge in [0.1, 0.15) is 5.82 Å². The third-order valence-electron chi connectivity index (χ3n) is 6.66. The van der Waals surface area contributed by atoms with E-state index >= 15 is 0 Å². The van der Waals surface area contributed by atoms with Crippen LogP contribution in [0.5, 0.6) is 5.75 Å². The molecule has 1 saturated heterocycles. The summed E-state index contributed by atoms with van der Waals surface area (Å²) in [4.78, 5) is 27.2. The number of hydrogen-bond acceptors (Lipinski definition) is 6. The smallest absolute Gasteiger partial charge is 0.387 e. The Morgan fingerprint density at radius 3 is 2.70 bits per heavy atom. The van der Waals surface area contributed by atoms with Gasteiger partial charge in [0.15, 0.2) is 11.6 Å². The minimum absolute atomic E-state index is 0.0153. The lowest BCUT2D eigenvalue weighted by Gasteiger charge is -2.21. The van der Waals surface area contributed by atoms with Crippen molar-refractivity contribution >= 4 is 11.7 Å². The monoisotopic (exact) mass is 415 g/mol. The van der Waals surface area contributed by atoms with E-state index in [1.54, 1.807) is 6.92 Å². The van der Waals surface area contributed by atoms with Gasteiger partial charge in [0.2, 0.25) is 5.91 Å². The molecule has 2 N–H and O–H groups in total. The van der Waals surface area contributed by atoms with Crippen LogP contribution >= 0.6 is 0 Å². The van der Waals surface area contributed by atoms with Crippen molar-refractivity contribution in [2.24, 2.45) is 11.3 Å². The standard InChI is InChI=1S/C21H23F2N5O2/c1-10(29)28-8-13-17(21(13,2)9-28)15-6-14(26-19(27-15)11-3-4-11)12-5-16(30-20(22)23)18(24)25-7-12/h5-7,11,13,17,20H,3-4,8-9H2,1-2H3,(H2,24,25)/t13-,17+,21?/m0/s1. The molecule has 2 aromatic heterocycles. The van der Waals surface area contributed by atoms with Gasteiger partial charge in [-0.2, -0.15) is 8.78 Å². The van der Waals surface area contributed by atoms with Gasteiger partial charge in [-0.3, -0.25) is 4.79 Å². The number of likely N-dealkylation sites (tertiary alicyclic amines) is 1. The minimum Gasteiger partial charge on any atom is -0.431 e. The lowest BCUT2D eigenvalue weighted by Crippen LogP contribution is -2.30. The van der Waals surface area contributed by atoms with Gasteiger partial charge in [-0.1, -0.05) is 6.92 Å². The van der Waals surface area contributed by atoms with E-state index in [4.69, 9.17) is 10.7 Å². The van der Waals surface area contributed by atoms with Gasteiger partial charge in [-0.15, -0.1) is 0 Å². The molecule has 1 amide bonds. The summed E-state index contributed by atoms with van der Waals surface area (Å²) in [5.41, 5.74) is 7.83. The lowest BCUT2D eigenvalue weighted by atomic mass is 10.0. The van der Waals surface area contributed by atoms with Gasteiger partial charge in [0.25, 0.3) is 0 Å². The largest absolute Gasteiger partial charge is 0.431 e. The SMILES string of the molecule is CC(=O)N1C[C@H]2[C@H](c3cc(-c4cnc(N)c(OC(F)F)c4)nc(C4CC4)n3)C2(C)C1. The number of hydrogen-bond donors (Lipinski definition) is 1. The molecule has 3 aliphatic rings. The lowest BCUT2D eigenvalue weighted by molar-refractivity contribution is -0.128. The molecule has 7 nitrogen and oxygen atoms in total. The van der Waals surface area contributed by atoms with Crippen molar-refractivity contribution in [3.8, 4) is 17.0 Å². The fourth-order valence-corrected chi connectivity index (χ4v) is 4.79. The first kappa shape index (κ1) is 19.1. The Labute approximate surface area is 172 Å². The molecule has 9 heteroatoms. The Bertz CT molecular complexity index is 1030. The highest BCUT2D eigenvalue weighted by Gasteiger charge is 2.67. The van der Waals surface area contributed by atoms with E-state index < -0.39 is 6.61 Å². The third-order valence-corrected chi connectivity index (χ3v) is 6.66. The van der Waals surface area contributed by atoms with Crippen molar-refractivity contribution in [3.63, 3.8) is 0 Å².